The molecule has 0 amide bonds. The Morgan fingerprint density at radius 1 is 1.22 bits per heavy atom. The molecular weight excluding hydrogens is 436 g/mol. The molecule has 1 fully saturated rings. The van der Waals surface area contributed by atoms with Gasteiger partial charge in [-0.15, -0.1) is 0 Å². The Bertz CT molecular complexity index is 1050. The van der Waals surface area contributed by atoms with Gasteiger partial charge in [-0.3, -0.25) is 15.5 Å². The number of nitro benzene ring substituents is 1. The molecule has 0 radical (unpaired) electrons. The van der Waals surface area contributed by atoms with E-state index in [2.05, 4.69) is 17.5 Å². The number of ether oxygens (including phenoxy) is 2. The van der Waals surface area contributed by atoms with Gasteiger partial charge in [0.05, 0.1) is 35.9 Å². The number of sulfonamides is 1. The molecule has 0 bridgehead atoms. The average Bonchev–Trinajstić information content (AvgIpc) is 2.81. The monoisotopic (exact) mass is 462 g/mol. The third kappa shape index (κ3) is 6.02. The molecule has 1 heterocycles. The normalized spacial score (nSPS) is 15.0. The maximum atomic E-state index is 12.8. The minimum Gasteiger partial charge on any atom is -0.494 e. The van der Waals surface area contributed by atoms with Crippen LogP contribution >= 0.6 is 0 Å². The summed E-state index contributed by atoms with van der Waals surface area (Å²) < 4.78 is 37.6. The molecule has 172 valence electrons. The number of nitrogens with zero attached hydrogens (tertiary/aromatic N) is 3. The first kappa shape index (κ1) is 23.6. The summed E-state index contributed by atoms with van der Waals surface area (Å²) in [6, 6.07) is 11.0. The first-order chi connectivity index (χ1) is 15.4. The molecule has 2 aromatic rings. The second-order valence-electron chi connectivity index (χ2n) is 7.09. The lowest BCUT2D eigenvalue weighted by atomic mass is 10.2. The molecule has 0 atom stereocenters. The van der Waals surface area contributed by atoms with Crippen molar-refractivity contribution in [3.8, 4) is 5.75 Å². The number of hydrazone groups is 1. The largest absolute Gasteiger partial charge is 0.494 e. The number of morpholine rings is 1. The van der Waals surface area contributed by atoms with Crippen molar-refractivity contribution in [1.82, 2.24) is 4.31 Å². The van der Waals surface area contributed by atoms with Crippen LogP contribution in [0.25, 0.3) is 0 Å². The van der Waals surface area contributed by atoms with Gasteiger partial charge in [0.15, 0.2) is 0 Å². The van der Waals surface area contributed by atoms with Crippen LogP contribution in [0, 0.1) is 10.1 Å². The van der Waals surface area contributed by atoms with Crippen molar-refractivity contribution < 1.29 is 22.8 Å². The van der Waals surface area contributed by atoms with Gasteiger partial charge in [-0.25, -0.2) is 8.42 Å². The van der Waals surface area contributed by atoms with Gasteiger partial charge < -0.3 is 9.47 Å². The van der Waals surface area contributed by atoms with E-state index in [-0.39, 0.29) is 29.4 Å². The molecule has 1 aliphatic heterocycles. The fraction of sp³-hybridized carbons (Fsp3) is 0.381. The highest BCUT2D eigenvalue weighted by Crippen LogP contribution is 2.29. The van der Waals surface area contributed by atoms with E-state index in [0.29, 0.717) is 19.8 Å². The maximum absolute atomic E-state index is 12.8. The first-order valence-corrected chi connectivity index (χ1v) is 11.7. The Morgan fingerprint density at radius 3 is 2.59 bits per heavy atom. The van der Waals surface area contributed by atoms with Crippen LogP contribution in [-0.4, -0.2) is 56.8 Å². The second-order valence-corrected chi connectivity index (χ2v) is 9.03. The van der Waals surface area contributed by atoms with Gasteiger partial charge in [-0.2, -0.15) is 9.41 Å². The van der Waals surface area contributed by atoms with Crippen LogP contribution < -0.4 is 10.2 Å². The van der Waals surface area contributed by atoms with E-state index < -0.39 is 14.9 Å². The van der Waals surface area contributed by atoms with Crippen molar-refractivity contribution in [3.05, 3.63) is 58.1 Å². The van der Waals surface area contributed by atoms with Gasteiger partial charge in [0.2, 0.25) is 10.0 Å². The predicted octanol–water partition coefficient (Wildman–Crippen LogP) is 3.24. The highest BCUT2D eigenvalue weighted by atomic mass is 32.2. The van der Waals surface area contributed by atoms with E-state index in [4.69, 9.17) is 9.47 Å². The van der Waals surface area contributed by atoms with Crippen molar-refractivity contribution in [2.45, 2.75) is 24.7 Å². The fourth-order valence-corrected chi connectivity index (χ4v) is 4.44. The van der Waals surface area contributed by atoms with E-state index in [0.717, 1.165) is 30.2 Å². The van der Waals surface area contributed by atoms with Crippen LogP contribution in [0.3, 0.4) is 0 Å². The van der Waals surface area contributed by atoms with Crippen molar-refractivity contribution in [2.75, 3.05) is 38.3 Å². The number of hydrogen-bond acceptors (Lipinski definition) is 8. The van der Waals surface area contributed by atoms with E-state index in [1.165, 1.54) is 22.7 Å². The Morgan fingerprint density at radius 2 is 1.94 bits per heavy atom. The standard InChI is InChI=1S/C21H26N4O6S/c1-2-3-12-31-18-6-4-17(5-7-18)16-22-23-20-9-8-19(15-21(20)25(26)27)32(28,29)24-10-13-30-14-11-24/h4-9,15-16,23H,2-3,10-14H2,1H3/b22-16+. The number of rotatable bonds is 10. The minimum absolute atomic E-state index is 0.0895. The summed E-state index contributed by atoms with van der Waals surface area (Å²) in [6.45, 7) is 3.76. The number of nitrogens with one attached hydrogen (secondary N) is 1. The summed E-state index contributed by atoms with van der Waals surface area (Å²) in [6.07, 6.45) is 3.55. The summed E-state index contributed by atoms with van der Waals surface area (Å²) in [7, 11) is -3.84. The number of nitro groups is 1. The number of anilines is 1. The first-order valence-electron chi connectivity index (χ1n) is 10.3. The van der Waals surface area contributed by atoms with Crippen molar-refractivity contribution >= 4 is 27.6 Å². The molecule has 1 N–H and O–H groups in total. The smallest absolute Gasteiger partial charge is 0.295 e. The number of unbranched alkanes of at least 4 members (excludes halogenated alkanes) is 1. The minimum atomic E-state index is -3.84. The van der Waals surface area contributed by atoms with Crippen LogP contribution in [-0.2, 0) is 14.8 Å². The molecule has 0 aliphatic carbocycles. The topological polar surface area (TPSA) is 123 Å². The Kier molecular flexibility index (Phi) is 8.14. The molecule has 10 nitrogen and oxygen atoms in total. The van der Waals surface area contributed by atoms with E-state index in [9.17, 15) is 18.5 Å². The van der Waals surface area contributed by atoms with Crippen molar-refractivity contribution in [3.63, 3.8) is 0 Å². The highest BCUT2D eigenvalue weighted by Gasteiger charge is 2.28. The van der Waals surface area contributed by atoms with E-state index in [1.54, 1.807) is 0 Å². The Hall–Kier alpha value is -3.02. The summed E-state index contributed by atoms with van der Waals surface area (Å²) in [5.41, 5.74) is 3.11. The average molecular weight is 463 g/mol. The second kappa shape index (κ2) is 11.0. The van der Waals surface area contributed by atoms with Gasteiger partial charge >= 0.3 is 0 Å². The maximum Gasteiger partial charge on any atom is 0.295 e. The molecule has 0 aromatic heterocycles. The highest BCUT2D eigenvalue weighted by molar-refractivity contribution is 7.89. The molecule has 1 aliphatic rings. The predicted molar refractivity (Wildman–Crippen MR) is 121 cm³/mol. The molecule has 2 aromatic carbocycles. The van der Waals surface area contributed by atoms with Crippen LogP contribution in [0.5, 0.6) is 5.75 Å². The molecule has 1 saturated heterocycles. The summed E-state index contributed by atoms with van der Waals surface area (Å²) >= 11 is 0. The molecule has 32 heavy (non-hydrogen) atoms. The molecule has 0 unspecified atom stereocenters. The molecule has 0 spiro atoms. The van der Waals surface area contributed by atoms with Crippen LogP contribution in [0.15, 0.2) is 52.5 Å². The molecule has 11 heteroatoms. The zero-order valence-corrected chi connectivity index (χ0v) is 18.6. The summed E-state index contributed by atoms with van der Waals surface area (Å²) in [5, 5.41) is 15.6. The third-order valence-electron chi connectivity index (χ3n) is 4.82. The summed E-state index contributed by atoms with van der Waals surface area (Å²) in [4.78, 5) is 10.7. The van der Waals surface area contributed by atoms with Crippen LogP contribution in [0.2, 0.25) is 0 Å². The van der Waals surface area contributed by atoms with Gasteiger partial charge in [0.1, 0.15) is 11.4 Å². The Labute approximate surface area is 187 Å². The van der Waals surface area contributed by atoms with Crippen LogP contribution in [0.1, 0.15) is 25.3 Å². The molecular formula is C21H26N4O6S. The lowest BCUT2D eigenvalue weighted by Gasteiger charge is -2.26. The van der Waals surface area contributed by atoms with Crippen molar-refractivity contribution in [2.24, 2.45) is 5.10 Å². The van der Waals surface area contributed by atoms with Crippen LogP contribution in [0.4, 0.5) is 11.4 Å². The lowest BCUT2D eigenvalue weighted by Crippen LogP contribution is -2.40. The fourth-order valence-electron chi connectivity index (χ4n) is 3.01. The zero-order chi connectivity index (χ0) is 23.0. The van der Waals surface area contributed by atoms with Gasteiger partial charge in [-0.1, -0.05) is 13.3 Å². The lowest BCUT2D eigenvalue weighted by molar-refractivity contribution is -0.384. The SMILES string of the molecule is CCCCOc1ccc(/C=N/Nc2ccc(S(=O)(=O)N3CCOCC3)cc2[N+](=O)[O-])cc1. The van der Waals surface area contributed by atoms with E-state index in [1.807, 2.05) is 24.3 Å². The van der Waals surface area contributed by atoms with E-state index >= 15 is 0 Å². The van der Waals surface area contributed by atoms with Gasteiger partial charge in [-0.05, 0) is 48.4 Å². The Balaban J connectivity index is 1.70. The number of hydrogen-bond donors (Lipinski definition) is 1. The molecule has 3 rings (SSSR count). The van der Waals surface area contributed by atoms with Crippen molar-refractivity contribution in [1.29, 1.82) is 0 Å². The molecule has 0 saturated carbocycles. The van der Waals surface area contributed by atoms with Gasteiger partial charge in [0.25, 0.3) is 5.69 Å². The zero-order valence-electron chi connectivity index (χ0n) is 17.8. The third-order valence-corrected chi connectivity index (χ3v) is 6.71. The number of benzene rings is 2. The quantitative estimate of drug-likeness (QED) is 0.249. The van der Waals surface area contributed by atoms with Gasteiger partial charge in [0, 0.05) is 19.2 Å². The summed E-state index contributed by atoms with van der Waals surface area (Å²) in [5.74, 6) is 0.760.